The van der Waals surface area contributed by atoms with Gasteiger partial charge < -0.3 is 15.4 Å². The quantitative estimate of drug-likeness (QED) is 0.790. The smallest absolute Gasteiger partial charge is 0.133 e. The number of rotatable bonds is 5. The lowest BCUT2D eigenvalue weighted by Gasteiger charge is -2.33. The van der Waals surface area contributed by atoms with Crippen molar-refractivity contribution in [2.45, 2.75) is 38.6 Å². The Balaban J connectivity index is 1.71. The maximum atomic E-state index is 5.14. The van der Waals surface area contributed by atoms with Crippen molar-refractivity contribution in [1.82, 2.24) is 20.2 Å². The number of anilines is 1. The molecule has 2 N–H and O–H groups in total. The number of hydrogen-bond donors (Lipinski definition) is 2. The third kappa shape index (κ3) is 4.19. The molecule has 1 fully saturated rings. The van der Waals surface area contributed by atoms with E-state index in [1.54, 1.807) is 7.11 Å². The van der Waals surface area contributed by atoms with Gasteiger partial charge in [0.15, 0.2) is 0 Å². The number of fused-ring (bicyclic) bond motifs is 1. The van der Waals surface area contributed by atoms with E-state index in [9.17, 15) is 0 Å². The summed E-state index contributed by atoms with van der Waals surface area (Å²) in [6, 6.07) is 0.678. The van der Waals surface area contributed by atoms with Crippen LogP contribution in [0.1, 0.15) is 29.9 Å². The van der Waals surface area contributed by atoms with E-state index in [-0.39, 0.29) is 0 Å². The predicted octanol–water partition coefficient (Wildman–Crippen LogP) is 0.996. The monoisotopic (exact) mass is 319 g/mol. The summed E-state index contributed by atoms with van der Waals surface area (Å²) in [5.41, 5.74) is 2.53. The fourth-order valence-electron chi connectivity index (χ4n) is 3.67. The average molecular weight is 319 g/mol. The first kappa shape index (κ1) is 16.6. The Hall–Kier alpha value is -1.24. The fraction of sp³-hybridized carbons (Fsp3) is 0.765. The Labute approximate surface area is 139 Å². The van der Waals surface area contributed by atoms with Gasteiger partial charge in [-0.3, -0.25) is 4.90 Å². The lowest BCUT2D eigenvalue weighted by molar-refractivity contribution is 0.173. The second kappa shape index (κ2) is 8.04. The third-order valence-corrected chi connectivity index (χ3v) is 4.88. The third-order valence-electron chi connectivity index (χ3n) is 4.88. The summed E-state index contributed by atoms with van der Waals surface area (Å²) in [4.78, 5) is 12.0. The molecule has 3 rings (SSSR count). The van der Waals surface area contributed by atoms with Crippen LogP contribution in [-0.4, -0.2) is 67.4 Å². The fourth-order valence-corrected chi connectivity index (χ4v) is 3.67. The van der Waals surface area contributed by atoms with Crippen molar-refractivity contribution in [2.24, 2.45) is 0 Å². The number of ether oxygens (including phenoxy) is 1. The number of hydrogen-bond acceptors (Lipinski definition) is 6. The summed E-state index contributed by atoms with van der Waals surface area (Å²) in [7, 11) is 1.73. The molecule has 2 aliphatic heterocycles. The molecule has 6 heteroatoms. The van der Waals surface area contributed by atoms with E-state index in [0.29, 0.717) is 12.6 Å². The molecular weight excluding hydrogens is 290 g/mol. The van der Waals surface area contributed by atoms with Gasteiger partial charge in [0, 0.05) is 51.3 Å². The molecule has 6 nitrogen and oxygen atoms in total. The van der Waals surface area contributed by atoms with E-state index in [0.717, 1.165) is 50.7 Å². The largest absolute Gasteiger partial charge is 0.383 e. The first-order chi connectivity index (χ1) is 11.3. The number of aryl methyl sites for hydroxylation is 1. The zero-order chi connectivity index (χ0) is 16.1. The van der Waals surface area contributed by atoms with Gasteiger partial charge in [-0.2, -0.15) is 0 Å². The molecule has 1 aromatic heterocycles. The lowest BCUT2D eigenvalue weighted by atomic mass is 10.1. The summed E-state index contributed by atoms with van der Waals surface area (Å²) < 4.78 is 5.14. The van der Waals surface area contributed by atoms with Crippen LogP contribution >= 0.6 is 0 Å². The Morgan fingerprint density at radius 2 is 2.17 bits per heavy atom. The minimum absolute atomic E-state index is 0.678. The van der Waals surface area contributed by atoms with Crippen molar-refractivity contribution in [3.63, 3.8) is 0 Å². The predicted molar refractivity (Wildman–Crippen MR) is 92.0 cm³/mol. The SMILES string of the molecule is COCCNc1nc(C)nc2c1CCN([C@@H]1CCCNC1)CC2. The van der Waals surface area contributed by atoms with E-state index in [1.807, 2.05) is 6.92 Å². The molecule has 0 radical (unpaired) electrons. The van der Waals surface area contributed by atoms with Crippen molar-refractivity contribution in [3.8, 4) is 0 Å². The topological polar surface area (TPSA) is 62.3 Å². The zero-order valence-electron chi connectivity index (χ0n) is 14.4. The number of aromatic nitrogens is 2. The van der Waals surface area contributed by atoms with Gasteiger partial charge in [0.05, 0.1) is 12.3 Å². The molecule has 128 valence electrons. The Morgan fingerprint density at radius 3 is 2.96 bits per heavy atom. The molecule has 0 unspecified atom stereocenters. The number of piperidine rings is 1. The number of nitrogens with one attached hydrogen (secondary N) is 2. The maximum Gasteiger partial charge on any atom is 0.133 e. The van der Waals surface area contributed by atoms with E-state index < -0.39 is 0 Å². The van der Waals surface area contributed by atoms with Gasteiger partial charge in [0.25, 0.3) is 0 Å². The van der Waals surface area contributed by atoms with Crippen LogP contribution in [0, 0.1) is 6.92 Å². The first-order valence-electron chi connectivity index (χ1n) is 8.82. The van der Waals surface area contributed by atoms with Crippen LogP contribution < -0.4 is 10.6 Å². The van der Waals surface area contributed by atoms with Gasteiger partial charge in [-0.05, 0) is 32.7 Å². The standard InChI is InChI=1S/C17H29N5O/c1-13-20-16-6-10-22(14-4-3-7-18-12-14)9-5-15(16)17(21-13)19-8-11-23-2/h14,18H,3-12H2,1-2H3,(H,19,20,21)/t14-/m1/s1. The summed E-state index contributed by atoms with van der Waals surface area (Å²) in [6.45, 7) is 7.96. The maximum absolute atomic E-state index is 5.14. The van der Waals surface area contributed by atoms with Crippen LogP contribution in [0.3, 0.4) is 0 Å². The molecule has 0 aliphatic carbocycles. The van der Waals surface area contributed by atoms with Crippen LogP contribution in [0.5, 0.6) is 0 Å². The Morgan fingerprint density at radius 1 is 1.30 bits per heavy atom. The average Bonchev–Trinajstić information content (AvgIpc) is 2.78. The van der Waals surface area contributed by atoms with E-state index in [4.69, 9.17) is 9.72 Å². The second-order valence-corrected chi connectivity index (χ2v) is 6.50. The summed E-state index contributed by atoms with van der Waals surface area (Å²) in [5.74, 6) is 1.87. The van der Waals surface area contributed by atoms with Crippen molar-refractivity contribution in [2.75, 3.05) is 51.8 Å². The van der Waals surface area contributed by atoms with Gasteiger partial charge in [-0.15, -0.1) is 0 Å². The van der Waals surface area contributed by atoms with E-state index >= 15 is 0 Å². The highest BCUT2D eigenvalue weighted by molar-refractivity contribution is 5.47. The highest BCUT2D eigenvalue weighted by Gasteiger charge is 2.25. The normalized spacial score (nSPS) is 22.4. The summed E-state index contributed by atoms with van der Waals surface area (Å²) >= 11 is 0. The van der Waals surface area contributed by atoms with Crippen molar-refractivity contribution < 1.29 is 4.74 Å². The summed E-state index contributed by atoms with van der Waals surface area (Å²) in [6.07, 6.45) is 4.65. The van der Waals surface area contributed by atoms with Gasteiger partial charge in [-0.1, -0.05) is 0 Å². The molecule has 0 bridgehead atoms. The number of methoxy groups -OCH3 is 1. The van der Waals surface area contributed by atoms with Crippen LogP contribution in [0.4, 0.5) is 5.82 Å². The van der Waals surface area contributed by atoms with E-state index in [1.165, 1.54) is 30.6 Å². The van der Waals surface area contributed by atoms with Crippen LogP contribution in [0.15, 0.2) is 0 Å². The first-order valence-corrected chi connectivity index (χ1v) is 8.82. The van der Waals surface area contributed by atoms with Crippen LogP contribution in [-0.2, 0) is 17.6 Å². The molecule has 0 amide bonds. The summed E-state index contributed by atoms with van der Waals surface area (Å²) in [5, 5.41) is 6.96. The molecular formula is C17H29N5O. The Kier molecular flexibility index (Phi) is 5.80. The van der Waals surface area contributed by atoms with Crippen molar-refractivity contribution >= 4 is 5.82 Å². The van der Waals surface area contributed by atoms with Gasteiger partial charge >= 0.3 is 0 Å². The van der Waals surface area contributed by atoms with Crippen LogP contribution in [0.2, 0.25) is 0 Å². The van der Waals surface area contributed by atoms with Crippen LogP contribution in [0.25, 0.3) is 0 Å². The minimum atomic E-state index is 0.678. The zero-order valence-corrected chi connectivity index (χ0v) is 14.4. The lowest BCUT2D eigenvalue weighted by Crippen LogP contribution is -2.46. The second-order valence-electron chi connectivity index (χ2n) is 6.50. The van der Waals surface area contributed by atoms with Crippen molar-refractivity contribution in [3.05, 3.63) is 17.1 Å². The molecule has 1 saturated heterocycles. The van der Waals surface area contributed by atoms with Gasteiger partial charge in [0.1, 0.15) is 11.6 Å². The highest BCUT2D eigenvalue weighted by atomic mass is 16.5. The molecule has 0 spiro atoms. The molecule has 0 saturated carbocycles. The Bertz CT molecular complexity index is 516. The highest BCUT2D eigenvalue weighted by Crippen LogP contribution is 2.23. The van der Waals surface area contributed by atoms with E-state index in [2.05, 4.69) is 20.5 Å². The molecule has 0 aromatic carbocycles. The number of nitrogens with zero attached hydrogens (tertiary/aromatic N) is 3. The minimum Gasteiger partial charge on any atom is -0.383 e. The van der Waals surface area contributed by atoms with Gasteiger partial charge in [-0.25, -0.2) is 9.97 Å². The molecule has 1 atom stereocenters. The van der Waals surface area contributed by atoms with Crippen molar-refractivity contribution in [1.29, 1.82) is 0 Å². The molecule has 23 heavy (non-hydrogen) atoms. The molecule has 1 aromatic rings. The molecule has 2 aliphatic rings. The molecule has 3 heterocycles. The van der Waals surface area contributed by atoms with Gasteiger partial charge in [0.2, 0.25) is 0 Å².